The average Bonchev–Trinajstić information content (AvgIpc) is 3.19. The van der Waals surface area contributed by atoms with Gasteiger partial charge in [-0.2, -0.15) is 4.80 Å². The molecule has 2 aromatic rings. The van der Waals surface area contributed by atoms with Crippen molar-refractivity contribution in [2.24, 2.45) is 5.92 Å². The molecule has 1 fully saturated rings. The van der Waals surface area contributed by atoms with Crippen LogP contribution in [0.1, 0.15) is 32.7 Å². The minimum Gasteiger partial charge on any atom is -0.314 e. The minimum absolute atomic E-state index is 0.242. The molecule has 1 saturated carbocycles. The lowest BCUT2D eigenvalue weighted by Crippen LogP contribution is -2.29. The Morgan fingerprint density at radius 3 is 2.70 bits per heavy atom. The third kappa shape index (κ3) is 3.04. The van der Waals surface area contributed by atoms with Crippen LogP contribution in [-0.4, -0.2) is 32.8 Å². The van der Waals surface area contributed by atoms with Gasteiger partial charge in [0.1, 0.15) is 0 Å². The number of rotatable bonds is 6. The van der Waals surface area contributed by atoms with Crippen LogP contribution in [0.4, 0.5) is 0 Å². The molecule has 1 aromatic carbocycles. The van der Waals surface area contributed by atoms with E-state index in [4.69, 9.17) is 0 Å². The Labute approximate surface area is 119 Å². The van der Waals surface area contributed by atoms with Crippen molar-refractivity contribution in [1.82, 2.24) is 25.5 Å². The molecular formula is C15H21N5. The van der Waals surface area contributed by atoms with Gasteiger partial charge in [0.2, 0.25) is 5.82 Å². The van der Waals surface area contributed by atoms with Crippen molar-refractivity contribution in [3.63, 3.8) is 0 Å². The molecule has 0 spiro atoms. The van der Waals surface area contributed by atoms with Gasteiger partial charge in [0.05, 0.1) is 6.04 Å². The Balaban J connectivity index is 1.65. The van der Waals surface area contributed by atoms with Crippen LogP contribution in [0, 0.1) is 5.92 Å². The van der Waals surface area contributed by atoms with Crippen molar-refractivity contribution in [3.05, 3.63) is 30.3 Å². The zero-order valence-corrected chi connectivity index (χ0v) is 12.0. The molecule has 3 rings (SSSR count). The summed E-state index contributed by atoms with van der Waals surface area (Å²) in [6, 6.07) is 11.0. The zero-order valence-electron chi connectivity index (χ0n) is 12.0. The maximum atomic E-state index is 4.51. The first-order valence-electron chi connectivity index (χ1n) is 7.32. The number of hydrogen-bond acceptors (Lipinski definition) is 4. The highest BCUT2D eigenvalue weighted by Gasteiger charge is 2.23. The summed E-state index contributed by atoms with van der Waals surface area (Å²) in [5, 5.41) is 16.4. The van der Waals surface area contributed by atoms with E-state index in [-0.39, 0.29) is 6.04 Å². The van der Waals surface area contributed by atoms with Crippen molar-refractivity contribution >= 4 is 0 Å². The minimum atomic E-state index is 0.242. The number of nitrogens with zero attached hydrogens (tertiary/aromatic N) is 4. The lowest BCUT2D eigenvalue weighted by atomic mass is 10.0. The molecule has 0 amide bonds. The van der Waals surface area contributed by atoms with Crippen LogP contribution in [0.2, 0.25) is 0 Å². The topological polar surface area (TPSA) is 55.6 Å². The first-order valence-corrected chi connectivity index (χ1v) is 7.32. The first kappa shape index (κ1) is 13.2. The number of aromatic nitrogens is 4. The predicted molar refractivity (Wildman–Crippen MR) is 78.2 cm³/mol. The molecule has 106 valence electrons. The predicted octanol–water partition coefficient (Wildman–Crippen LogP) is 2.29. The summed E-state index contributed by atoms with van der Waals surface area (Å²) in [7, 11) is 0. The highest BCUT2D eigenvalue weighted by Crippen LogP contribution is 2.21. The van der Waals surface area contributed by atoms with Crippen molar-refractivity contribution in [2.75, 3.05) is 6.54 Å². The summed E-state index contributed by atoms with van der Waals surface area (Å²) >= 11 is 0. The highest BCUT2D eigenvalue weighted by atomic mass is 15.6. The molecule has 1 N–H and O–H groups in total. The van der Waals surface area contributed by atoms with Gasteiger partial charge in [0.15, 0.2) is 0 Å². The summed E-state index contributed by atoms with van der Waals surface area (Å²) in [4.78, 5) is 1.74. The number of hydrogen-bond donors (Lipinski definition) is 1. The molecular weight excluding hydrogens is 250 g/mol. The number of nitrogens with one attached hydrogen (secondary N) is 1. The van der Waals surface area contributed by atoms with Crippen molar-refractivity contribution in [2.45, 2.75) is 38.8 Å². The first-order chi connectivity index (χ1) is 9.74. The summed E-state index contributed by atoms with van der Waals surface area (Å²) in [6.45, 7) is 5.38. The van der Waals surface area contributed by atoms with Crippen LogP contribution in [0.5, 0.6) is 0 Å². The van der Waals surface area contributed by atoms with Gasteiger partial charge in [0.25, 0.3) is 0 Å². The maximum Gasteiger partial charge on any atom is 0.204 e. The van der Waals surface area contributed by atoms with E-state index in [0.29, 0.717) is 11.7 Å². The number of benzene rings is 1. The van der Waals surface area contributed by atoms with Crippen LogP contribution in [0.25, 0.3) is 11.4 Å². The van der Waals surface area contributed by atoms with Crippen molar-refractivity contribution in [3.8, 4) is 11.4 Å². The van der Waals surface area contributed by atoms with Gasteiger partial charge in [-0.3, -0.25) is 0 Å². The molecule has 0 radical (unpaired) electrons. The van der Waals surface area contributed by atoms with Crippen LogP contribution < -0.4 is 5.32 Å². The molecule has 1 aromatic heterocycles. The summed E-state index contributed by atoms with van der Waals surface area (Å²) < 4.78 is 0. The van der Waals surface area contributed by atoms with Crippen LogP contribution in [0.15, 0.2) is 30.3 Å². The molecule has 5 nitrogen and oxygen atoms in total. The molecule has 2 atom stereocenters. The molecule has 1 heterocycles. The van der Waals surface area contributed by atoms with Gasteiger partial charge >= 0.3 is 0 Å². The van der Waals surface area contributed by atoms with Gasteiger partial charge in [0, 0.05) is 18.2 Å². The van der Waals surface area contributed by atoms with Crippen LogP contribution in [-0.2, 0) is 0 Å². The lowest BCUT2D eigenvalue weighted by Gasteiger charge is -2.18. The van der Waals surface area contributed by atoms with Crippen LogP contribution in [0.3, 0.4) is 0 Å². The van der Waals surface area contributed by atoms with Gasteiger partial charge < -0.3 is 5.32 Å². The van der Waals surface area contributed by atoms with Gasteiger partial charge in [-0.25, -0.2) is 0 Å². The van der Waals surface area contributed by atoms with Crippen molar-refractivity contribution in [1.29, 1.82) is 0 Å². The Bertz CT molecular complexity index is 546. The third-order valence-electron chi connectivity index (χ3n) is 3.95. The fraction of sp³-hybridized carbons (Fsp3) is 0.533. The van der Waals surface area contributed by atoms with Gasteiger partial charge in [-0.05, 0) is 30.9 Å². The summed E-state index contributed by atoms with van der Waals surface area (Å²) in [5.74, 6) is 1.17. The highest BCUT2D eigenvalue weighted by molar-refractivity contribution is 5.52. The standard InChI is InChI=1S/C15H21N5/c1-11(10-16-14-8-9-14)12(2)20-18-15(17-19-20)13-6-4-3-5-7-13/h3-7,11-12,14,16H,8-10H2,1-2H3. The SMILES string of the molecule is CC(CNC1CC1)C(C)n1nnc(-c2ccccc2)n1. The van der Waals surface area contributed by atoms with E-state index in [1.54, 1.807) is 4.80 Å². The quantitative estimate of drug-likeness (QED) is 0.876. The van der Waals surface area contributed by atoms with Crippen LogP contribution >= 0.6 is 0 Å². The van der Waals surface area contributed by atoms with E-state index >= 15 is 0 Å². The largest absolute Gasteiger partial charge is 0.314 e. The van der Waals surface area contributed by atoms with E-state index in [9.17, 15) is 0 Å². The lowest BCUT2D eigenvalue weighted by molar-refractivity contribution is 0.304. The zero-order chi connectivity index (χ0) is 13.9. The van der Waals surface area contributed by atoms with Gasteiger partial charge in [-0.1, -0.05) is 37.3 Å². The molecule has 1 aliphatic rings. The Morgan fingerprint density at radius 2 is 2.00 bits per heavy atom. The van der Waals surface area contributed by atoms with E-state index in [1.807, 2.05) is 30.3 Å². The molecule has 20 heavy (non-hydrogen) atoms. The Kier molecular flexibility index (Phi) is 3.78. The molecule has 1 aliphatic carbocycles. The summed E-state index contributed by atoms with van der Waals surface area (Å²) in [5.41, 5.74) is 1.01. The van der Waals surface area contributed by atoms with Gasteiger partial charge in [-0.15, -0.1) is 10.2 Å². The Hall–Kier alpha value is -1.75. The Morgan fingerprint density at radius 1 is 1.25 bits per heavy atom. The second-order valence-electron chi connectivity index (χ2n) is 5.70. The summed E-state index contributed by atoms with van der Waals surface area (Å²) in [6.07, 6.45) is 2.64. The second kappa shape index (κ2) is 5.71. The molecule has 5 heteroatoms. The normalized spacial score (nSPS) is 17.9. The second-order valence-corrected chi connectivity index (χ2v) is 5.70. The monoisotopic (exact) mass is 271 g/mol. The molecule has 0 aliphatic heterocycles. The van der Waals surface area contributed by atoms with E-state index in [1.165, 1.54) is 12.8 Å². The van der Waals surface area contributed by atoms with E-state index in [0.717, 1.165) is 18.2 Å². The molecule has 0 saturated heterocycles. The fourth-order valence-electron chi connectivity index (χ4n) is 2.14. The smallest absolute Gasteiger partial charge is 0.204 e. The number of tetrazole rings is 1. The van der Waals surface area contributed by atoms with E-state index in [2.05, 4.69) is 34.6 Å². The molecule has 0 bridgehead atoms. The van der Waals surface area contributed by atoms with E-state index < -0.39 is 0 Å². The average molecular weight is 271 g/mol. The fourth-order valence-corrected chi connectivity index (χ4v) is 2.14. The third-order valence-corrected chi connectivity index (χ3v) is 3.95. The molecule has 2 unspecified atom stereocenters. The maximum absolute atomic E-state index is 4.51. The van der Waals surface area contributed by atoms with Crippen molar-refractivity contribution < 1.29 is 0 Å².